The lowest BCUT2D eigenvalue weighted by atomic mass is 9.81. The highest BCUT2D eigenvalue weighted by atomic mass is 16.1. The standard InChI is InChI=1S/C10H19NO.C2H6/c1-3-10(12)8-6-4-5-7-9(8)11-2;1-2/h8-9,11H,3-7H2,1-2H3;1-2H3. The third-order valence-corrected chi connectivity index (χ3v) is 2.90. The van der Waals surface area contributed by atoms with Crippen LogP contribution in [-0.4, -0.2) is 18.9 Å². The summed E-state index contributed by atoms with van der Waals surface area (Å²) in [5.74, 6) is 0.739. The van der Waals surface area contributed by atoms with Crippen molar-refractivity contribution in [2.24, 2.45) is 5.92 Å². The van der Waals surface area contributed by atoms with E-state index in [0.29, 0.717) is 24.2 Å². The van der Waals surface area contributed by atoms with Crippen molar-refractivity contribution in [2.45, 2.75) is 58.9 Å². The molecule has 1 rings (SSSR count). The Bertz CT molecular complexity index is 156. The first-order chi connectivity index (χ1) is 6.79. The Hall–Kier alpha value is -0.370. The van der Waals surface area contributed by atoms with E-state index in [0.717, 1.165) is 6.42 Å². The van der Waals surface area contributed by atoms with E-state index in [1.54, 1.807) is 0 Å². The second kappa shape index (κ2) is 7.98. The van der Waals surface area contributed by atoms with Crippen LogP contribution in [0.25, 0.3) is 0 Å². The van der Waals surface area contributed by atoms with Crippen LogP contribution >= 0.6 is 0 Å². The van der Waals surface area contributed by atoms with E-state index in [9.17, 15) is 4.79 Å². The quantitative estimate of drug-likeness (QED) is 0.757. The summed E-state index contributed by atoms with van der Waals surface area (Å²) >= 11 is 0. The second-order valence-corrected chi connectivity index (χ2v) is 3.61. The van der Waals surface area contributed by atoms with Gasteiger partial charge in [-0.15, -0.1) is 0 Å². The molecule has 1 aliphatic rings. The molecule has 0 heterocycles. The molecule has 0 aliphatic heterocycles. The van der Waals surface area contributed by atoms with Crippen LogP contribution in [0, 0.1) is 5.92 Å². The molecule has 84 valence electrons. The maximum Gasteiger partial charge on any atom is 0.137 e. The Morgan fingerprint density at radius 1 is 1.29 bits per heavy atom. The van der Waals surface area contributed by atoms with Crippen LogP contribution in [0.1, 0.15) is 52.9 Å². The highest BCUT2D eigenvalue weighted by molar-refractivity contribution is 5.81. The van der Waals surface area contributed by atoms with Crippen LogP contribution in [0.15, 0.2) is 0 Å². The molecular formula is C12H25NO. The van der Waals surface area contributed by atoms with Crippen molar-refractivity contribution in [1.82, 2.24) is 5.32 Å². The third-order valence-electron chi connectivity index (χ3n) is 2.90. The fourth-order valence-corrected chi connectivity index (χ4v) is 2.12. The molecule has 1 fully saturated rings. The third kappa shape index (κ3) is 3.79. The minimum atomic E-state index is 0.300. The maximum absolute atomic E-state index is 11.5. The number of rotatable bonds is 3. The number of Topliss-reactive ketones (excluding diaryl/α,β-unsaturated/α-hetero) is 1. The van der Waals surface area contributed by atoms with Gasteiger partial charge < -0.3 is 5.32 Å². The zero-order valence-corrected chi connectivity index (χ0v) is 10.1. The van der Waals surface area contributed by atoms with Crippen LogP contribution in [0.4, 0.5) is 0 Å². The van der Waals surface area contributed by atoms with Gasteiger partial charge in [0.15, 0.2) is 0 Å². The van der Waals surface area contributed by atoms with Crippen LogP contribution < -0.4 is 5.32 Å². The van der Waals surface area contributed by atoms with Crippen LogP contribution in [0.2, 0.25) is 0 Å². The van der Waals surface area contributed by atoms with Gasteiger partial charge in [-0.05, 0) is 19.9 Å². The number of nitrogens with one attached hydrogen (secondary N) is 1. The molecule has 0 amide bonds. The molecule has 14 heavy (non-hydrogen) atoms. The fourth-order valence-electron chi connectivity index (χ4n) is 2.12. The van der Waals surface area contributed by atoms with Crippen LogP contribution in [0.3, 0.4) is 0 Å². The summed E-state index contributed by atoms with van der Waals surface area (Å²) in [4.78, 5) is 11.5. The van der Waals surface area contributed by atoms with E-state index in [4.69, 9.17) is 0 Å². The molecule has 1 aliphatic carbocycles. The number of ketones is 1. The maximum atomic E-state index is 11.5. The van der Waals surface area contributed by atoms with E-state index in [2.05, 4.69) is 5.32 Å². The molecule has 0 radical (unpaired) electrons. The topological polar surface area (TPSA) is 29.1 Å². The fraction of sp³-hybridized carbons (Fsp3) is 0.917. The molecule has 0 bridgehead atoms. The Morgan fingerprint density at radius 2 is 1.86 bits per heavy atom. The Kier molecular flexibility index (Phi) is 7.77. The lowest BCUT2D eigenvalue weighted by Gasteiger charge is -2.29. The molecule has 0 saturated heterocycles. The van der Waals surface area contributed by atoms with Gasteiger partial charge in [-0.25, -0.2) is 0 Å². The Balaban J connectivity index is 0.000000791. The summed E-state index contributed by atoms with van der Waals surface area (Å²) in [5.41, 5.74) is 0. The van der Waals surface area contributed by atoms with E-state index < -0.39 is 0 Å². The minimum absolute atomic E-state index is 0.300. The smallest absolute Gasteiger partial charge is 0.137 e. The SMILES string of the molecule is CC.CCC(=O)C1CCCCC1NC. The predicted octanol–water partition coefficient (Wildman–Crippen LogP) is 2.77. The lowest BCUT2D eigenvalue weighted by molar-refractivity contribution is -0.124. The Morgan fingerprint density at radius 3 is 2.36 bits per heavy atom. The largest absolute Gasteiger partial charge is 0.316 e. The monoisotopic (exact) mass is 199 g/mol. The average Bonchev–Trinajstić information content (AvgIpc) is 2.30. The van der Waals surface area contributed by atoms with Gasteiger partial charge in [-0.2, -0.15) is 0 Å². The van der Waals surface area contributed by atoms with Crippen LogP contribution in [0.5, 0.6) is 0 Å². The van der Waals surface area contributed by atoms with E-state index in [-0.39, 0.29) is 0 Å². The number of hydrogen-bond acceptors (Lipinski definition) is 2. The van der Waals surface area contributed by atoms with Gasteiger partial charge in [0.2, 0.25) is 0 Å². The second-order valence-electron chi connectivity index (χ2n) is 3.61. The summed E-state index contributed by atoms with van der Waals surface area (Å²) in [6.07, 6.45) is 5.47. The molecule has 2 nitrogen and oxygen atoms in total. The molecular weight excluding hydrogens is 174 g/mol. The van der Waals surface area contributed by atoms with Crippen molar-refractivity contribution < 1.29 is 4.79 Å². The first-order valence-corrected chi connectivity index (χ1v) is 5.99. The van der Waals surface area contributed by atoms with Gasteiger partial charge in [0.25, 0.3) is 0 Å². The highest BCUT2D eigenvalue weighted by Crippen LogP contribution is 2.25. The minimum Gasteiger partial charge on any atom is -0.316 e. The van der Waals surface area contributed by atoms with Crippen molar-refractivity contribution in [3.8, 4) is 0 Å². The number of carbonyl (C=O) groups excluding carboxylic acids is 1. The normalized spacial score (nSPS) is 26.3. The summed E-state index contributed by atoms with van der Waals surface area (Å²) in [6.45, 7) is 5.96. The Labute approximate surface area is 88.5 Å². The van der Waals surface area contributed by atoms with Crippen molar-refractivity contribution >= 4 is 5.78 Å². The number of carbonyl (C=O) groups is 1. The van der Waals surface area contributed by atoms with Gasteiger partial charge in [0.1, 0.15) is 5.78 Å². The van der Waals surface area contributed by atoms with Crippen molar-refractivity contribution in [3.63, 3.8) is 0 Å². The summed E-state index contributed by atoms with van der Waals surface area (Å²) < 4.78 is 0. The average molecular weight is 199 g/mol. The van der Waals surface area contributed by atoms with Crippen molar-refractivity contribution in [1.29, 1.82) is 0 Å². The van der Waals surface area contributed by atoms with Gasteiger partial charge >= 0.3 is 0 Å². The van der Waals surface area contributed by atoms with Gasteiger partial charge in [-0.3, -0.25) is 4.79 Å². The first-order valence-electron chi connectivity index (χ1n) is 5.99. The molecule has 2 atom stereocenters. The molecule has 0 aromatic carbocycles. The number of hydrogen-bond donors (Lipinski definition) is 1. The van der Waals surface area contributed by atoms with Crippen molar-refractivity contribution in [3.05, 3.63) is 0 Å². The van der Waals surface area contributed by atoms with Gasteiger partial charge in [0, 0.05) is 18.4 Å². The molecule has 2 unspecified atom stereocenters. The molecule has 0 spiro atoms. The molecule has 1 N–H and O–H groups in total. The first kappa shape index (κ1) is 13.6. The molecule has 2 heteroatoms. The van der Waals surface area contributed by atoms with E-state index in [1.807, 2.05) is 27.8 Å². The summed E-state index contributed by atoms with van der Waals surface area (Å²) in [6, 6.07) is 0.450. The molecule has 0 aromatic heterocycles. The summed E-state index contributed by atoms with van der Waals surface area (Å²) in [7, 11) is 1.96. The van der Waals surface area contributed by atoms with E-state index in [1.165, 1.54) is 19.3 Å². The molecule has 0 aromatic rings. The van der Waals surface area contributed by atoms with Gasteiger partial charge in [-0.1, -0.05) is 33.6 Å². The van der Waals surface area contributed by atoms with E-state index >= 15 is 0 Å². The van der Waals surface area contributed by atoms with Crippen molar-refractivity contribution in [2.75, 3.05) is 7.05 Å². The zero-order valence-electron chi connectivity index (χ0n) is 10.1. The van der Waals surface area contributed by atoms with Crippen LogP contribution in [-0.2, 0) is 4.79 Å². The molecule has 1 saturated carbocycles. The van der Waals surface area contributed by atoms with Gasteiger partial charge in [0.05, 0.1) is 0 Å². The zero-order chi connectivity index (χ0) is 11.0. The predicted molar refractivity (Wildman–Crippen MR) is 61.5 cm³/mol. The summed E-state index contributed by atoms with van der Waals surface area (Å²) in [5, 5.41) is 3.25. The lowest BCUT2D eigenvalue weighted by Crippen LogP contribution is -2.40. The highest BCUT2D eigenvalue weighted by Gasteiger charge is 2.28.